The van der Waals surface area contributed by atoms with Crippen molar-refractivity contribution < 1.29 is 22.1 Å². The Morgan fingerprint density at radius 3 is 2.38 bits per heavy atom. The summed E-state index contributed by atoms with van der Waals surface area (Å²) in [5.41, 5.74) is 3.80. The van der Waals surface area contributed by atoms with Crippen molar-refractivity contribution in [1.82, 2.24) is 0 Å². The van der Waals surface area contributed by atoms with Gasteiger partial charge in [0.05, 0.1) is 22.5 Å². The van der Waals surface area contributed by atoms with E-state index in [2.05, 4.69) is 15.2 Å². The number of nitro benzene ring substituents is 1. The number of nitrogens with zero attached hydrogens (tertiary/aromatic N) is 2. The summed E-state index contributed by atoms with van der Waals surface area (Å²) in [4.78, 5) is 10.0. The van der Waals surface area contributed by atoms with Crippen LogP contribution in [0, 0.1) is 35.6 Å². The average Bonchev–Trinajstić information content (AvgIpc) is 2.71. The molecule has 0 atom stereocenters. The number of sulfonamides is 1. The Morgan fingerprint density at radius 2 is 1.72 bits per heavy atom. The van der Waals surface area contributed by atoms with Gasteiger partial charge in [-0.3, -0.25) is 20.3 Å². The summed E-state index contributed by atoms with van der Waals surface area (Å²) in [5.74, 6) is -1.61. The molecule has 3 rings (SSSR count). The fourth-order valence-corrected chi connectivity index (χ4v) is 4.15. The summed E-state index contributed by atoms with van der Waals surface area (Å²) >= 11 is 0. The second kappa shape index (κ2) is 9.10. The molecule has 0 aromatic heterocycles. The van der Waals surface area contributed by atoms with Gasteiger partial charge in [-0.1, -0.05) is 17.7 Å². The lowest BCUT2D eigenvalue weighted by molar-refractivity contribution is -0.385. The number of non-ortho nitro benzene ring substituents is 1. The molecule has 0 spiro atoms. The van der Waals surface area contributed by atoms with Crippen molar-refractivity contribution in [3.63, 3.8) is 0 Å². The van der Waals surface area contributed by atoms with E-state index in [1.165, 1.54) is 6.07 Å². The molecule has 0 amide bonds. The number of benzene rings is 3. The summed E-state index contributed by atoms with van der Waals surface area (Å²) in [7, 11) is -4.26. The molecule has 0 saturated heterocycles. The van der Waals surface area contributed by atoms with Crippen LogP contribution in [-0.4, -0.2) is 19.6 Å². The van der Waals surface area contributed by atoms with Crippen molar-refractivity contribution in [2.75, 3.05) is 10.1 Å². The number of rotatable bonds is 7. The molecule has 0 bridgehead atoms. The summed E-state index contributed by atoms with van der Waals surface area (Å²) in [5, 5.41) is 15.0. The third-order valence-corrected chi connectivity index (χ3v) is 5.85. The predicted octanol–water partition coefficient (Wildman–Crippen LogP) is 4.74. The third-order valence-electron chi connectivity index (χ3n) is 4.44. The van der Waals surface area contributed by atoms with Gasteiger partial charge in [-0.15, -0.1) is 0 Å². The smallest absolute Gasteiger partial charge is 0.270 e. The van der Waals surface area contributed by atoms with Crippen molar-refractivity contribution in [1.29, 1.82) is 0 Å². The van der Waals surface area contributed by atoms with Crippen LogP contribution in [0.4, 0.5) is 25.8 Å². The Morgan fingerprint density at radius 1 is 1.00 bits per heavy atom. The normalized spacial score (nSPS) is 11.5. The highest BCUT2D eigenvalue weighted by Gasteiger charge is 2.23. The first-order valence-electron chi connectivity index (χ1n) is 9.19. The molecule has 0 saturated carbocycles. The van der Waals surface area contributed by atoms with Crippen LogP contribution in [0.2, 0.25) is 0 Å². The fourth-order valence-electron chi connectivity index (χ4n) is 2.84. The van der Waals surface area contributed by atoms with Gasteiger partial charge in [0.25, 0.3) is 15.7 Å². The monoisotopic (exact) mass is 460 g/mol. The van der Waals surface area contributed by atoms with Crippen molar-refractivity contribution in [2.45, 2.75) is 18.7 Å². The zero-order valence-corrected chi connectivity index (χ0v) is 17.8. The predicted molar refractivity (Wildman–Crippen MR) is 117 cm³/mol. The van der Waals surface area contributed by atoms with Crippen molar-refractivity contribution in [3.05, 3.63) is 93.0 Å². The molecule has 0 aliphatic rings. The van der Waals surface area contributed by atoms with Gasteiger partial charge in [-0.05, 0) is 43.7 Å². The number of nitrogens with one attached hydrogen (secondary N) is 2. The number of hydrogen-bond donors (Lipinski definition) is 2. The lowest BCUT2D eigenvalue weighted by Gasteiger charge is -2.14. The Balaban J connectivity index is 1.96. The van der Waals surface area contributed by atoms with E-state index in [0.717, 1.165) is 36.0 Å². The quantitative estimate of drug-likeness (QED) is 0.300. The van der Waals surface area contributed by atoms with Gasteiger partial charge >= 0.3 is 0 Å². The van der Waals surface area contributed by atoms with Crippen molar-refractivity contribution >= 4 is 33.3 Å². The Bertz CT molecular complexity index is 1330. The first-order chi connectivity index (χ1) is 15.1. The standard InChI is InChI=1S/C21H18F2N4O4S/c1-13-3-7-19(14(2)9-13)26-32(30,31)21-11-17(27(28)29)6-8-20(21)25-24-12-15-4-5-16(22)10-18(15)23/h3-12,25-26H,1-2H3/b24-12-. The van der Waals surface area contributed by atoms with Crippen LogP contribution in [0.5, 0.6) is 0 Å². The minimum Gasteiger partial charge on any atom is -0.279 e. The van der Waals surface area contributed by atoms with E-state index >= 15 is 0 Å². The Labute approximate surface area is 182 Å². The van der Waals surface area contributed by atoms with Gasteiger partial charge in [0.1, 0.15) is 16.5 Å². The first-order valence-corrected chi connectivity index (χ1v) is 10.7. The second-order valence-electron chi connectivity index (χ2n) is 6.90. The van der Waals surface area contributed by atoms with Gasteiger partial charge in [0.2, 0.25) is 0 Å². The highest BCUT2D eigenvalue weighted by molar-refractivity contribution is 7.92. The maximum absolute atomic E-state index is 13.8. The molecule has 166 valence electrons. The van der Waals surface area contributed by atoms with E-state index in [1.54, 1.807) is 25.1 Å². The van der Waals surface area contributed by atoms with E-state index in [4.69, 9.17) is 0 Å². The minimum atomic E-state index is -4.26. The number of hydrazone groups is 1. The summed E-state index contributed by atoms with van der Waals surface area (Å²) in [6.07, 6.45) is 1.03. The summed E-state index contributed by atoms with van der Waals surface area (Å²) < 4.78 is 55.3. The molecule has 11 heteroatoms. The molecule has 32 heavy (non-hydrogen) atoms. The zero-order chi connectivity index (χ0) is 23.5. The number of aryl methyl sites for hydroxylation is 2. The van der Waals surface area contributed by atoms with Crippen LogP contribution < -0.4 is 10.1 Å². The highest BCUT2D eigenvalue weighted by Crippen LogP contribution is 2.29. The highest BCUT2D eigenvalue weighted by atomic mass is 32.2. The molecule has 0 fully saturated rings. The molecule has 2 N–H and O–H groups in total. The van der Waals surface area contributed by atoms with Crippen molar-refractivity contribution in [2.24, 2.45) is 5.10 Å². The topological polar surface area (TPSA) is 114 Å². The molecular formula is C21H18F2N4O4S. The van der Waals surface area contributed by atoms with Gasteiger partial charge < -0.3 is 0 Å². The van der Waals surface area contributed by atoms with Crippen LogP contribution >= 0.6 is 0 Å². The van der Waals surface area contributed by atoms with Crippen LogP contribution in [-0.2, 0) is 10.0 Å². The van der Waals surface area contributed by atoms with Gasteiger partial charge in [-0.25, -0.2) is 17.2 Å². The molecule has 0 radical (unpaired) electrons. The minimum absolute atomic E-state index is 0.0429. The Kier molecular flexibility index (Phi) is 6.49. The zero-order valence-electron chi connectivity index (χ0n) is 17.0. The lowest BCUT2D eigenvalue weighted by atomic mass is 10.1. The van der Waals surface area contributed by atoms with Gasteiger partial charge in [-0.2, -0.15) is 5.10 Å². The third kappa shape index (κ3) is 5.24. The number of hydrogen-bond acceptors (Lipinski definition) is 6. The van der Waals surface area contributed by atoms with Crippen LogP contribution in [0.3, 0.4) is 0 Å². The van der Waals surface area contributed by atoms with Crippen LogP contribution in [0.15, 0.2) is 64.6 Å². The number of nitro groups is 1. The first kappa shape index (κ1) is 22.8. The van der Waals surface area contributed by atoms with Crippen LogP contribution in [0.1, 0.15) is 16.7 Å². The molecule has 0 unspecified atom stereocenters. The molecule has 0 aliphatic heterocycles. The molecule has 0 heterocycles. The Hall–Kier alpha value is -3.86. The molecule has 8 nitrogen and oxygen atoms in total. The number of halogens is 2. The molecular weight excluding hydrogens is 442 g/mol. The molecule has 0 aliphatic carbocycles. The van der Waals surface area contributed by atoms with E-state index in [9.17, 15) is 27.3 Å². The van der Waals surface area contributed by atoms with E-state index in [-0.39, 0.29) is 11.3 Å². The maximum atomic E-state index is 13.8. The number of anilines is 2. The molecule has 3 aromatic carbocycles. The second-order valence-corrected chi connectivity index (χ2v) is 8.55. The summed E-state index contributed by atoms with van der Waals surface area (Å²) in [6, 6.07) is 11.1. The van der Waals surface area contributed by atoms with Gasteiger partial charge in [0, 0.05) is 23.8 Å². The van der Waals surface area contributed by atoms with E-state index < -0.39 is 37.2 Å². The summed E-state index contributed by atoms with van der Waals surface area (Å²) in [6.45, 7) is 3.58. The van der Waals surface area contributed by atoms with Crippen LogP contribution in [0.25, 0.3) is 0 Å². The average molecular weight is 460 g/mol. The maximum Gasteiger partial charge on any atom is 0.270 e. The van der Waals surface area contributed by atoms with Gasteiger partial charge in [0.15, 0.2) is 0 Å². The van der Waals surface area contributed by atoms with Crippen molar-refractivity contribution in [3.8, 4) is 0 Å². The SMILES string of the molecule is Cc1ccc(NS(=O)(=O)c2cc([N+](=O)[O-])ccc2N/N=C\c2ccc(F)cc2F)c(C)c1. The molecule has 3 aromatic rings. The van der Waals surface area contributed by atoms with E-state index in [1.807, 2.05) is 6.92 Å². The lowest BCUT2D eigenvalue weighted by Crippen LogP contribution is -2.16. The largest absolute Gasteiger partial charge is 0.279 e. The van der Waals surface area contributed by atoms with E-state index in [0.29, 0.717) is 17.3 Å². The fraction of sp³-hybridized carbons (Fsp3) is 0.0952.